The molecule has 2 aromatic heterocycles. The highest BCUT2D eigenvalue weighted by atomic mass is 32.1. The molecule has 2 N–H and O–H groups in total. The number of hydrazone groups is 1. The minimum absolute atomic E-state index is 0.0508. The Kier molecular flexibility index (Phi) is 7.61. The summed E-state index contributed by atoms with van der Waals surface area (Å²) in [6, 6.07) is 22.3. The van der Waals surface area contributed by atoms with Crippen LogP contribution in [0.25, 0.3) is 10.9 Å². The summed E-state index contributed by atoms with van der Waals surface area (Å²) in [5.74, 6) is -0.390. The predicted octanol–water partition coefficient (Wildman–Crippen LogP) is 6.47. The van der Waals surface area contributed by atoms with E-state index in [1.54, 1.807) is 17.7 Å². The van der Waals surface area contributed by atoms with Gasteiger partial charge in [-0.3, -0.25) is 4.79 Å². The van der Waals surface area contributed by atoms with Gasteiger partial charge in [0.15, 0.2) is 5.13 Å². The number of fused-ring (bicyclic) bond motifs is 1. The normalized spacial score (nSPS) is 11.6. The number of hydrogen-bond acceptors (Lipinski definition) is 6. The number of carbonyl (C=O) groups excluding carboxylic acids is 1. The molecule has 40 heavy (non-hydrogen) atoms. The minimum Gasteiger partial charge on any atom is -0.342 e. The number of halogens is 3. The fourth-order valence-electron chi connectivity index (χ4n) is 4.18. The highest BCUT2D eigenvalue weighted by Gasteiger charge is 2.30. The van der Waals surface area contributed by atoms with Gasteiger partial charge < -0.3 is 9.88 Å². The summed E-state index contributed by atoms with van der Waals surface area (Å²) in [5, 5.41) is 19.4. The van der Waals surface area contributed by atoms with Crippen LogP contribution >= 0.6 is 11.3 Å². The molecule has 0 bridgehead atoms. The summed E-state index contributed by atoms with van der Waals surface area (Å²) < 4.78 is 40.9. The van der Waals surface area contributed by atoms with Crippen molar-refractivity contribution in [1.82, 2.24) is 15.0 Å². The number of nitriles is 1. The average molecular weight is 559 g/mol. The lowest BCUT2D eigenvalue weighted by Gasteiger charge is -2.08. The molecular formula is C29H21F3N6OS. The monoisotopic (exact) mass is 558 g/mol. The van der Waals surface area contributed by atoms with E-state index in [0.717, 1.165) is 34.2 Å². The number of hydrogen-bond donors (Lipinski definition) is 2. The number of amides is 1. The second kappa shape index (κ2) is 11.4. The molecule has 0 radical (unpaired) electrons. The molecule has 2 heterocycles. The second-order valence-corrected chi connectivity index (χ2v) is 9.67. The van der Waals surface area contributed by atoms with E-state index in [0.29, 0.717) is 22.9 Å². The van der Waals surface area contributed by atoms with Crippen molar-refractivity contribution < 1.29 is 18.0 Å². The molecule has 1 amide bonds. The molecule has 0 saturated carbocycles. The molecule has 0 aliphatic heterocycles. The maximum atomic E-state index is 13.0. The number of rotatable bonds is 8. The van der Waals surface area contributed by atoms with Crippen LogP contribution in [0.3, 0.4) is 0 Å². The van der Waals surface area contributed by atoms with E-state index < -0.39 is 11.7 Å². The van der Waals surface area contributed by atoms with Crippen molar-refractivity contribution >= 4 is 45.2 Å². The molecule has 0 spiro atoms. The first-order valence-electron chi connectivity index (χ1n) is 12.1. The Morgan fingerprint density at radius 2 is 1.90 bits per heavy atom. The van der Waals surface area contributed by atoms with Crippen molar-refractivity contribution in [2.45, 2.75) is 19.1 Å². The third kappa shape index (κ3) is 6.19. The predicted molar refractivity (Wildman–Crippen MR) is 148 cm³/mol. The van der Waals surface area contributed by atoms with Gasteiger partial charge >= 0.3 is 6.18 Å². The van der Waals surface area contributed by atoms with Gasteiger partial charge in [0, 0.05) is 40.3 Å². The number of nitrogens with zero attached hydrogens (tertiary/aromatic N) is 4. The number of alkyl halides is 3. The molecule has 200 valence electrons. The molecule has 0 unspecified atom stereocenters. The fraction of sp³-hybridized carbons (Fsp3) is 0.103. The molecule has 0 aliphatic rings. The zero-order chi connectivity index (χ0) is 28.1. The average Bonchev–Trinajstić information content (AvgIpc) is 3.52. The number of carbonyl (C=O) groups is 1. The molecule has 0 saturated heterocycles. The zero-order valence-electron chi connectivity index (χ0n) is 20.8. The summed E-state index contributed by atoms with van der Waals surface area (Å²) in [6.07, 6.45) is -1.01. The molecule has 7 nitrogen and oxygen atoms in total. The first kappa shape index (κ1) is 26.6. The highest BCUT2D eigenvalue weighted by molar-refractivity contribution is 7.13. The summed E-state index contributed by atoms with van der Waals surface area (Å²) in [6.45, 7) is 0.505. The number of anilines is 2. The summed E-state index contributed by atoms with van der Waals surface area (Å²) >= 11 is 1.18. The maximum Gasteiger partial charge on any atom is 0.416 e. The van der Waals surface area contributed by atoms with Gasteiger partial charge in [0.1, 0.15) is 0 Å². The van der Waals surface area contributed by atoms with E-state index in [-0.39, 0.29) is 18.0 Å². The first-order chi connectivity index (χ1) is 19.3. The summed E-state index contributed by atoms with van der Waals surface area (Å²) in [4.78, 5) is 16.8. The van der Waals surface area contributed by atoms with Crippen LogP contribution in [0, 0.1) is 11.3 Å². The Bertz CT molecular complexity index is 1750. The van der Waals surface area contributed by atoms with Crippen molar-refractivity contribution in [3.63, 3.8) is 0 Å². The lowest BCUT2D eigenvalue weighted by atomic mass is 10.1. The fourth-order valence-corrected chi connectivity index (χ4v) is 4.91. The Morgan fingerprint density at radius 3 is 2.73 bits per heavy atom. The summed E-state index contributed by atoms with van der Waals surface area (Å²) in [7, 11) is 0. The van der Waals surface area contributed by atoms with Crippen LogP contribution in [0.4, 0.5) is 24.0 Å². The number of benzene rings is 3. The Labute approximate surface area is 231 Å². The molecule has 0 atom stereocenters. The molecule has 0 fully saturated rings. The molecule has 5 aromatic rings. The first-order valence-corrected chi connectivity index (χ1v) is 12.9. The van der Waals surface area contributed by atoms with Gasteiger partial charge in [0.2, 0.25) is 5.91 Å². The van der Waals surface area contributed by atoms with Crippen molar-refractivity contribution in [3.05, 3.63) is 112 Å². The molecule has 0 aliphatic carbocycles. The van der Waals surface area contributed by atoms with Crippen molar-refractivity contribution in [2.24, 2.45) is 5.10 Å². The van der Waals surface area contributed by atoms with Gasteiger partial charge in [0.25, 0.3) is 0 Å². The standard InChI is InChI=1S/C29H21F3N6OS/c30-29(31,32)22-8-5-9-23(12-22)35-28-36-24(18-40-28)13-27(39)37-34-15-21-17-38(26-11-4-3-10-25(21)26)16-20-7-2-1-6-19(20)14-33/h1-12,15,17-18H,13,16H2,(H,35,36)(H,37,39). The van der Waals surface area contributed by atoms with E-state index in [9.17, 15) is 23.2 Å². The SMILES string of the molecule is N#Cc1ccccc1Cn1cc(C=NNC(=O)Cc2csc(Nc3cccc(C(F)(F)F)c3)n2)c2ccccc21. The highest BCUT2D eigenvalue weighted by Crippen LogP contribution is 2.32. The van der Waals surface area contributed by atoms with Crippen LogP contribution in [0.2, 0.25) is 0 Å². The number of nitrogens with one attached hydrogen (secondary N) is 2. The van der Waals surface area contributed by atoms with E-state index in [1.807, 2.05) is 53.2 Å². The van der Waals surface area contributed by atoms with E-state index >= 15 is 0 Å². The van der Waals surface area contributed by atoms with Gasteiger partial charge in [-0.05, 0) is 35.9 Å². The Hall–Kier alpha value is -4.95. The number of aromatic nitrogens is 2. The Morgan fingerprint density at radius 1 is 1.10 bits per heavy atom. The van der Waals surface area contributed by atoms with Crippen LogP contribution in [0.1, 0.15) is 27.9 Å². The number of thiazole rings is 1. The lowest BCUT2D eigenvalue weighted by molar-refractivity contribution is -0.137. The molecular weight excluding hydrogens is 537 g/mol. The van der Waals surface area contributed by atoms with Gasteiger partial charge in [-0.25, -0.2) is 10.4 Å². The van der Waals surface area contributed by atoms with Crippen LogP contribution in [0.5, 0.6) is 0 Å². The quantitative estimate of drug-likeness (QED) is 0.169. The summed E-state index contributed by atoms with van der Waals surface area (Å²) in [5.41, 5.74) is 5.72. The van der Waals surface area contributed by atoms with Crippen LogP contribution in [0.15, 0.2) is 89.5 Å². The van der Waals surface area contributed by atoms with E-state index in [2.05, 4.69) is 26.9 Å². The smallest absolute Gasteiger partial charge is 0.342 e. The second-order valence-electron chi connectivity index (χ2n) is 8.82. The minimum atomic E-state index is -4.44. The van der Waals surface area contributed by atoms with Crippen LogP contribution in [-0.4, -0.2) is 21.7 Å². The number of para-hydroxylation sites is 1. The maximum absolute atomic E-state index is 13.0. The lowest BCUT2D eigenvalue weighted by Crippen LogP contribution is -2.19. The molecule has 5 rings (SSSR count). The van der Waals surface area contributed by atoms with Crippen LogP contribution < -0.4 is 10.7 Å². The third-order valence-electron chi connectivity index (χ3n) is 6.03. The molecule has 11 heteroatoms. The largest absolute Gasteiger partial charge is 0.416 e. The molecule has 3 aromatic carbocycles. The van der Waals surface area contributed by atoms with Crippen molar-refractivity contribution in [2.75, 3.05) is 5.32 Å². The van der Waals surface area contributed by atoms with Crippen molar-refractivity contribution in [3.8, 4) is 6.07 Å². The zero-order valence-corrected chi connectivity index (χ0v) is 21.6. The van der Waals surface area contributed by atoms with Gasteiger partial charge in [-0.1, -0.05) is 42.5 Å². The van der Waals surface area contributed by atoms with E-state index in [4.69, 9.17) is 0 Å². The van der Waals surface area contributed by atoms with Gasteiger partial charge in [-0.15, -0.1) is 11.3 Å². The van der Waals surface area contributed by atoms with Crippen molar-refractivity contribution in [1.29, 1.82) is 5.26 Å². The topological polar surface area (TPSA) is 95.1 Å². The van der Waals surface area contributed by atoms with Crippen LogP contribution in [-0.2, 0) is 23.9 Å². The Balaban J connectivity index is 1.23. The third-order valence-corrected chi connectivity index (χ3v) is 6.83. The van der Waals surface area contributed by atoms with Gasteiger partial charge in [0.05, 0.1) is 35.5 Å². The van der Waals surface area contributed by atoms with E-state index in [1.165, 1.54) is 23.5 Å². The van der Waals surface area contributed by atoms with Gasteiger partial charge in [-0.2, -0.15) is 23.5 Å².